The van der Waals surface area contributed by atoms with Gasteiger partial charge in [-0.1, -0.05) is 121 Å². The van der Waals surface area contributed by atoms with Crippen LogP contribution in [0.2, 0.25) is 0 Å². The van der Waals surface area contributed by atoms with Crippen LogP contribution in [-0.4, -0.2) is 19.8 Å². The summed E-state index contributed by atoms with van der Waals surface area (Å²) >= 11 is 3.47. The van der Waals surface area contributed by atoms with E-state index in [0.29, 0.717) is 0 Å². The molecule has 0 radical (unpaired) electrons. The Morgan fingerprint density at radius 1 is 0.329 bits per heavy atom. The van der Waals surface area contributed by atoms with Crippen molar-refractivity contribution in [2.45, 2.75) is 0 Å². The lowest BCUT2D eigenvalue weighted by molar-refractivity contribution is -0.385. The first kappa shape index (κ1) is 42.4. The zero-order valence-electron chi connectivity index (χ0n) is 37.1. The minimum Gasteiger partial charge on any atom is -0.354 e. The molecule has 5 heterocycles. The summed E-state index contributed by atoms with van der Waals surface area (Å²) in [4.78, 5) is 31.0. The van der Waals surface area contributed by atoms with E-state index < -0.39 is 9.85 Å². The monoisotopic (exact) mass is 942 g/mol. The van der Waals surface area contributed by atoms with Crippen LogP contribution in [0.1, 0.15) is 45.0 Å². The molecule has 0 atom stereocenters. The maximum Gasteiger partial charge on any atom is 0.269 e. The van der Waals surface area contributed by atoms with Gasteiger partial charge >= 0.3 is 0 Å². The lowest BCUT2D eigenvalue weighted by Crippen LogP contribution is -2.09. The number of hydrogen-bond donors (Lipinski definition) is 2. The molecule has 7 aromatic carbocycles. The fourth-order valence-electron chi connectivity index (χ4n) is 9.67. The van der Waals surface area contributed by atoms with Gasteiger partial charge in [-0.3, -0.25) is 20.2 Å². The van der Waals surface area contributed by atoms with E-state index >= 15 is 0 Å². The summed E-state index contributed by atoms with van der Waals surface area (Å²) in [5, 5.41) is 25.7. The van der Waals surface area contributed by atoms with Crippen LogP contribution in [0.15, 0.2) is 218 Å². The van der Waals surface area contributed by atoms with Gasteiger partial charge in [-0.25, -0.2) is 0 Å². The molecule has 10 heteroatoms. The molecule has 1 aliphatic heterocycles. The number of aromatic nitrogens is 2. The third-order valence-corrected chi connectivity index (χ3v) is 15.1. The van der Waals surface area contributed by atoms with Crippen molar-refractivity contribution in [2.24, 2.45) is 0 Å². The SMILES string of the molecule is O=[N+]([O-])c1ccc(-c2cc3c4[nH]c(c3cc2-c2ccc([N+](=O)[O-])cc2)/C(c2ccccc2)=c2/cc/c(s2)=C(\c2ccccc2)c2ccc([nH]2)/C(c2ccccc2)=c2/cc/c(s2)=C/4c2ccccc2)cc1. The first-order valence-electron chi connectivity index (χ1n) is 22.7. The zero-order chi connectivity index (χ0) is 47.3. The van der Waals surface area contributed by atoms with Gasteiger partial charge in [0.15, 0.2) is 0 Å². The lowest BCUT2D eigenvalue weighted by atomic mass is 9.89. The average Bonchev–Trinajstić information content (AvgIpc) is 4.25. The molecule has 0 aliphatic carbocycles. The van der Waals surface area contributed by atoms with Crippen LogP contribution in [0.5, 0.6) is 0 Å². The fraction of sp³-hybridized carbons (Fsp3) is 0. The quantitative estimate of drug-likeness (QED) is 0.116. The van der Waals surface area contributed by atoms with Crippen molar-refractivity contribution in [2.75, 3.05) is 0 Å². The number of nitrogens with zero attached hydrogens (tertiary/aromatic N) is 2. The number of thiophene rings is 2. The van der Waals surface area contributed by atoms with Gasteiger partial charge in [0.05, 0.1) is 21.2 Å². The minimum atomic E-state index is -0.398. The average molecular weight is 943 g/mol. The molecule has 0 spiro atoms. The Morgan fingerprint density at radius 3 is 0.971 bits per heavy atom. The number of nitro groups is 2. The van der Waals surface area contributed by atoms with Crippen molar-refractivity contribution in [1.82, 2.24) is 9.97 Å². The van der Waals surface area contributed by atoms with Crippen LogP contribution in [0.3, 0.4) is 0 Å². The van der Waals surface area contributed by atoms with Gasteiger partial charge in [-0.15, -0.1) is 22.7 Å². The highest BCUT2D eigenvalue weighted by atomic mass is 32.1. The van der Waals surface area contributed by atoms with E-state index in [1.54, 1.807) is 46.9 Å². The molecule has 0 amide bonds. The second-order valence-corrected chi connectivity index (χ2v) is 19.2. The van der Waals surface area contributed by atoms with Crippen molar-refractivity contribution in [3.05, 3.63) is 302 Å². The minimum absolute atomic E-state index is 0.0178. The molecule has 8 nitrogen and oxygen atoms in total. The Kier molecular flexibility index (Phi) is 10.7. The molecule has 12 rings (SSSR count). The Bertz CT molecular complexity index is 3820. The van der Waals surface area contributed by atoms with Gasteiger partial charge in [-0.2, -0.15) is 0 Å². The van der Waals surface area contributed by atoms with Crippen LogP contribution in [0.25, 0.3) is 55.3 Å². The number of nitrogens with one attached hydrogen (secondary N) is 2. The molecule has 0 saturated carbocycles. The molecular formula is C60H38N4O4S2. The first-order chi connectivity index (χ1) is 34.4. The number of rotatable bonds is 8. The van der Waals surface area contributed by atoms with Crippen molar-refractivity contribution >= 4 is 67.1 Å². The number of non-ortho nitro benzene ring substituents is 2. The molecule has 4 aromatic heterocycles. The Labute approximate surface area is 408 Å². The summed E-state index contributed by atoms with van der Waals surface area (Å²) in [6.45, 7) is 0. The molecular weight excluding hydrogens is 905 g/mol. The topological polar surface area (TPSA) is 118 Å². The van der Waals surface area contributed by atoms with Crippen LogP contribution in [-0.2, 0) is 0 Å². The Hall–Kier alpha value is -8.96. The van der Waals surface area contributed by atoms with Crippen LogP contribution >= 0.6 is 22.7 Å². The number of hydrogen-bond acceptors (Lipinski definition) is 6. The third-order valence-electron chi connectivity index (χ3n) is 12.9. The van der Waals surface area contributed by atoms with E-state index in [4.69, 9.17) is 0 Å². The van der Waals surface area contributed by atoms with Crippen molar-refractivity contribution in [1.29, 1.82) is 0 Å². The smallest absolute Gasteiger partial charge is 0.269 e. The Balaban J connectivity index is 1.29. The number of benzene rings is 7. The predicted octanol–water partition coefficient (Wildman–Crippen LogP) is 12.1. The van der Waals surface area contributed by atoms with E-state index in [0.717, 1.165) is 118 Å². The summed E-state index contributed by atoms with van der Waals surface area (Å²) in [7, 11) is 0. The molecule has 334 valence electrons. The number of H-pyrrole nitrogens is 2. The first-order valence-corrected chi connectivity index (χ1v) is 24.3. The van der Waals surface area contributed by atoms with Crippen LogP contribution in [0.4, 0.5) is 11.4 Å². The lowest BCUT2D eigenvalue weighted by Gasteiger charge is -2.14. The summed E-state index contributed by atoms with van der Waals surface area (Å²) in [6.07, 6.45) is 0. The largest absolute Gasteiger partial charge is 0.354 e. The van der Waals surface area contributed by atoms with Crippen molar-refractivity contribution in [3.63, 3.8) is 0 Å². The predicted molar refractivity (Wildman–Crippen MR) is 283 cm³/mol. The standard InChI is InChI=1S/C60H38N4O4S2/c65-63(66)43-25-21-37(22-26-43)45-35-47-48(36-46(45)38-23-27-44(28-24-38)64(67)68)60-58(42-19-11-4-12-20-42)54-34-32-52(70-54)56(40-15-7-2-8-16-40)50-30-29-49(61-50)55(39-13-5-1-6-14-39)51-31-33-53(69-51)57(59(47)62-60)41-17-9-3-10-18-41/h1-36,61-62H/b55-49?,55-51-,56-50?,56-52-,57-53-,58-54-,59-57?,60-58?. The summed E-state index contributed by atoms with van der Waals surface area (Å²) in [5.74, 6) is 0. The highest BCUT2D eigenvalue weighted by molar-refractivity contribution is 7.08. The highest BCUT2D eigenvalue weighted by Gasteiger charge is 2.25. The van der Waals surface area contributed by atoms with Gasteiger partial charge < -0.3 is 9.97 Å². The summed E-state index contributed by atoms with van der Waals surface area (Å²) < 4.78 is 4.29. The highest BCUT2D eigenvalue weighted by Crippen LogP contribution is 2.43. The summed E-state index contributed by atoms with van der Waals surface area (Å²) in [5.41, 5.74) is 15.4. The second-order valence-electron chi connectivity index (χ2n) is 17.0. The van der Waals surface area contributed by atoms with Gasteiger partial charge in [0.1, 0.15) is 0 Å². The molecule has 0 unspecified atom stereocenters. The van der Waals surface area contributed by atoms with Gasteiger partial charge in [-0.05, 0) is 117 Å². The zero-order valence-corrected chi connectivity index (χ0v) is 38.8. The van der Waals surface area contributed by atoms with E-state index in [1.807, 2.05) is 24.3 Å². The third kappa shape index (κ3) is 7.57. The molecule has 0 fully saturated rings. The van der Waals surface area contributed by atoms with E-state index in [9.17, 15) is 20.2 Å². The second kappa shape index (κ2) is 17.6. The molecule has 2 N–H and O–H groups in total. The number of fused-ring (bicyclic) bond motifs is 11. The van der Waals surface area contributed by atoms with E-state index in [2.05, 4.69) is 156 Å². The van der Waals surface area contributed by atoms with Gasteiger partial charge in [0.25, 0.3) is 11.4 Å². The molecule has 0 saturated heterocycles. The van der Waals surface area contributed by atoms with E-state index in [-0.39, 0.29) is 11.4 Å². The maximum atomic E-state index is 11.9. The van der Waals surface area contributed by atoms with Gasteiger partial charge in [0, 0.05) is 86.8 Å². The van der Waals surface area contributed by atoms with Crippen molar-refractivity contribution in [3.8, 4) is 22.3 Å². The van der Waals surface area contributed by atoms with E-state index in [1.165, 1.54) is 24.3 Å². The van der Waals surface area contributed by atoms with Crippen LogP contribution in [0, 0.1) is 20.2 Å². The van der Waals surface area contributed by atoms with Crippen LogP contribution < -0.4 is 18.1 Å². The normalized spacial score (nSPS) is 15.5. The summed E-state index contributed by atoms with van der Waals surface area (Å²) in [6, 6.07) is 72.8. The maximum absolute atomic E-state index is 11.9. The molecule has 70 heavy (non-hydrogen) atoms. The number of aromatic amines is 2. The van der Waals surface area contributed by atoms with Crippen molar-refractivity contribution < 1.29 is 9.85 Å². The Morgan fingerprint density at radius 2 is 0.643 bits per heavy atom. The number of nitro benzene ring substituents is 2. The molecule has 11 aromatic rings. The fourth-order valence-corrected chi connectivity index (χ4v) is 12.0. The molecule has 1 aliphatic rings. The molecule has 8 bridgehead atoms. The van der Waals surface area contributed by atoms with Gasteiger partial charge in [0.2, 0.25) is 0 Å².